The molecule has 3 rings (SSSR count). The number of hydrogen-bond donors (Lipinski definition) is 3. The van der Waals surface area contributed by atoms with Crippen molar-refractivity contribution in [3.63, 3.8) is 0 Å². The molecule has 0 aliphatic heterocycles. The van der Waals surface area contributed by atoms with Gasteiger partial charge in [0, 0.05) is 12.2 Å². The van der Waals surface area contributed by atoms with Crippen molar-refractivity contribution in [1.29, 1.82) is 0 Å². The van der Waals surface area contributed by atoms with Crippen LogP contribution >= 0.6 is 0 Å². The molecular weight excluding hydrogens is 316 g/mol. The van der Waals surface area contributed by atoms with Crippen LogP contribution < -0.4 is 10.6 Å². The Labute approximate surface area is 146 Å². The lowest BCUT2D eigenvalue weighted by Gasteiger charge is -2.11. The van der Waals surface area contributed by atoms with E-state index in [4.69, 9.17) is 5.11 Å². The molecule has 0 aliphatic carbocycles. The number of benzene rings is 2. The number of nitrogens with one attached hydrogen (secondary N) is 2. The summed E-state index contributed by atoms with van der Waals surface area (Å²) in [7, 11) is 0. The van der Waals surface area contributed by atoms with Gasteiger partial charge in [-0.25, -0.2) is 4.98 Å². The second-order valence-electron chi connectivity index (χ2n) is 6.01. The average molecular weight is 338 g/mol. The fraction of sp³-hybridized carbons (Fsp3) is 0.263. The number of para-hydroxylation sites is 2. The van der Waals surface area contributed by atoms with Crippen LogP contribution in [0.5, 0.6) is 0 Å². The van der Waals surface area contributed by atoms with E-state index in [9.17, 15) is 4.79 Å². The zero-order valence-corrected chi connectivity index (χ0v) is 14.4. The molecule has 2 aromatic carbocycles. The molecule has 1 heterocycles. The van der Waals surface area contributed by atoms with E-state index < -0.39 is 0 Å². The summed E-state index contributed by atoms with van der Waals surface area (Å²) in [6, 6.07) is 13.5. The van der Waals surface area contributed by atoms with Gasteiger partial charge in [-0.15, -0.1) is 0 Å². The van der Waals surface area contributed by atoms with E-state index in [-0.39, 0.29) is 19.1 Å². The molecule has 0 saturated heterocycles. The van der Waals surface area contributed by atoms with Crippen LogP contribution in [0.3, 0.4) is 0 Å². The summed E-state index contributed by atoms with van der Waals surface area (Å²) < 4.78 is 1.82. The third-order valence-corrected chi connectivity index (χ3v) is 4.14. The minimum atomic E-state index is -0.126. The van der Waals surface area contributed by atoms with Crippen LogP contribution in [0, 0.1) is 13.8 Å². The second kappa shape index (κ2) is 7.36. The monoisotopic (exact) mass is 338 g/mol. The Morgan fingerprint density at radius 1 is 1.16 bits per heavy atom. The van der Waals surface area contributed by atoms with Crippen molar-refractivity contribution in [2.45, 2.75) is 20.4 Å². The van der Waals surface area contributed by atoms with E-state index in [1.54, 1.807) is 0 Å². The van der Waals surface area contributed by atoms with E-state index in [1.807, 2.05) is 60.9 Å². The number of imidazole rings is 1. The summed E-state index contributed by atoms with van der Waals surface area (Å²) in [5, 5.41) is 15.0. The van der Waals surface area contributed by atoms with Crippen molar-refractivity contribution in [2.24, 2.45) is 0 Å². The van der Waals surface area contributed by atoms with E-state index in [0.717, 1.165) is 22.3 Å². The van der Waals surface area contributed by atoms with Gasteiger partial charge in [-0.05, 0) is 49.2 Å². The quantitative estimate of drug-likeness (QED) is 0.646. The van der Waals surface area contributed by atoms with Gasteiger partial charge >= 0.3 is 0 Å². The fourth-order valence-electron chi connectivity index (χ4n) is 2.70. The Bertz CT molecular complexity index is 902. The number of carbonyl (C=O) groups excluding carboxylic acids is 1. The number of hydrogen-bond acceptors (Lipinski definition) is 4. The largest absolute Gasteiger partial charge is 0.395 e. The van der Waals surface area contributed by atoms with Crippen LogP contribution in [0.2, 0.25) is 0 Å². The average Bonchev–Trinajstić information content (AvgIpc) is 2.94. The van der Waals surface area contributed by atoms with Crippen molar-refractivity contribution < 1.29 is 9.90 Å². The molecule has 0 bridgehead atoms. The number of aliphatic hydroxyl groups excluding tert-OH is 1. The number of aromatic nitrogens is 2. The van der Waals surface area contributed by atoms with Crippen LogP contribution in [0.25, 0.3) is 11.0 Å². The Morgan fingerprint density at radius 3 is 2.72 bits per heavy atom. The van der Waals surface area contributed by atoms with Crippen LogP contribution in [0.15, 0.2) is 42.5 Å². The molecular formula is C19H22N4O2. The summed E-state index contributed by atoms with van der Waals surface area (Å²) in [6.07, 6.45) is 0. The molecule has 0 radical (unpaired) electrons. The Balaban J connectivity index is 1.83. The highest BCUT2D eigenvalue weighted by Crippen LogP contribution is 2.20. The Kier molecular flexibility index (Phi) is 5.00. The van der Waals surface area contributed by atoms with Crippen molar-refractivity contribution in [3.05, 3.63) is 53.6 Å². The lowest BCUT2D eigenvalue weighted by atomic mass is 10.1. The maximum absolute atomic E-state index is 12.5. The maximum atomic E-state index is 12.5. The highest BCUT2D eigenvalue weighted by Gasteiger charge is 2.13. The standard InChI is InChI=1S/C19H22N4O2/c1-13-7-8-15(11-14(13)2)21-18(25)12-23-17-6-4-3-5-16(17)22-19(23)20-9-10-24/h3-8,11,24H,9-10,12H2,1-2H3,(H,20,22)(H,21,25). The van der Waals surface area contributed by atoms with Crippen molar-refractivity contribution >= 4 is 28.6 Å². The number of nitrogens with zero attached hydrogens (tertiary/aromatic N) is 2. The molecule has 3 N–H and O–H groups in total. The first-order valence-electron chi connectivity index (χ1n) is 8.25. The first-order valence-corrected chi connectivity index (χ1v) is 8.25. The lowest BCUT2D eigenvalue weighted by Crippen LogP contribution is -2.21. The number of amides is 1. The summed E-state index contributed by atoms with van der Waals surface area (Å²) in [6.45, 7) is 4.57. The summed E-state index contributed by atoms with van der Waals surface area (Å²) >= 11 is 0. The van der Waals surface area contributed by atoms with E-state index in [2.05, 4.69) is 15.6 Å². The number of carbonyl (C=O) groups is 1. The van der Waals surface area contributed by atoms with E-state index in [1.165, 1.54) is 5.56 Å². The van der Waals surface area contributed by atoms with Crippen molar-refractivity contribution in [1.82, 2.24) is 9.55 Å². The van der Waals surface area contributed by atoms with Crippen LogP contribution in [0.4, 0.5) is 11.6 Å². The minimum absolute atomic E-state index is 0.00194. The van der Waals surface area contributed by atoms with Crippen LogP contribution in [-0.2, 0) is 11.3 Å². The first-order chi connectivity index (χ1) is 12.1. The number of aryl methyl sites for hydroxylation is 2. The summed E-state index contributed by atoms with van der Waals surface area (Å²) in [4.78, 5) is 17.0. The molecule has 130 valence electrons. The normalized spacial score (nSPS) is 10.8. The second-order valence-corrected chi connectivity index (χ2v) is 6.01. The Morgan fingerprint density at radius 2 is 1.96 bits per heavy atom. The van der Waals surface area contributed by atoms with Gasteiger partial charge in [0.1, 0.15) is 6.54 Å². The molecule has 1 amide bonds. The van der Waals surface area contributed by atoms with Gasteiger partial charge in [0.15, 0.2) is 0 Å². The van der Waals surface area contributed by atoms with Gasteiger partial charge < -0.3 is 20.3 Å². The van der Waals surface area contributed by atoms with Gasteiger partial charge in [-0.1, -0.05) is 18.2 Å². The highest BCUT2D eigenvalue weighted by atomic mass is 16.3. The summed E-state index contributed by atoms with van der Waals surface area (Å²) in [5.41, 5.74) is 4.78. The summed E-state index contributed by atoms with van der Waals surface area (Å²) in [5.74, 6) is 0.448. The molecule has 25 heavy (non-hydrogen) atoms. The zero-order chi connectivity index (χ0) is 17.8. The van der Waals surface area contributed by atoms with Crippen molar-refractivity contribution in [3.8, 4) is 0 Å². The molecule has 6 heteroatoms. The van der Waals surface area contributed by atoms with Gasteiger partial charge in [0.2, 0.25) is 11.9 Å². The van der Waals surface area contributed by atoms with Gasteiger partial charge in [0.05, 0.1) is 17.6 Å². The zero-order valence-electron chi connectivity index (χ0n) is 14.4. The highest BCUT2D eigenvalue weighted by molar-refractivity contribution is 5.92. The lowest BCUT2D eigenvalue weighted by molar-refractivity contribution is -0.116. The Hall–Kier alpha value is -2.86. The molecule has 0 fully saturated rings. The molecule has 6 nitrogen and oxygen atoms in total. The SMILES string of the molecule is Cc1ccc(NC(=O)Cn2c(NCCO)nc3ccccc32)cc1C. The number of rotatable bonds is 6. The maximum Gasteiger partial charge on any atom is 0.244 e. The molecule has 0 unspecified atom stereocenters. The molecule has 0 spiro atoms. The van der Waals surface area contributed by atoms with Crippen molar-refractivity contribution in [2.75, 3.05) is 23.8 Å². The van der Waals surface area contributed by atoms with E-state index in [0.29, 0.717) is 12.5 Å². The number of aliphatic hydroxyl groups is 1. The third-order valence-electron chi connectivity index (χ3n) is 4.14. The number of fused-ring (bicyclic) bond motifs is 1. The topological polar surface area (TPSA) is 79.2 Å². The van der Waals surface area contributed by atoms with Crippen LogP contribution in [0.1, 0.15) is 11.1 Å². The molecule has 0 saturated carbocycles. The first kappa shape index (κ1) is 17.0. The van der Waals surface area contributed by atoms with Crippen LogP contribution in [-0.4, -0.2) is 33.7 Å². The van der Waals surface area contributed by atoms with Gasteiger partial charge in [-0.3, -0.25) is 4.79 Å². The van der Waals surface area contributed by atoms with E-state index >= 15 is 0 Å². The van der Waals surface area contributed by atoms with Gasteiger partial charge in [-0.2, -0.15) is 0 Å². The predicted molar refractivity (Wildman–Crippen MR) is 99.9 cm³/mol. The predicted octanol–water partition coefficient (Wildman–Crippen LogP) is 2.70. The minimum Gasteiger partial charge on any atom is -0.395 e. The van der Waals surface area contributed by atoms with Gasteiger partial charge in [0.25, 0.3) is 0 Å². The fourth-order valence-corrected chi connectivity index (χ4v) is 2.70. The molecule has 3 aromatic rings. The molecule has 0 atom stereocenters. The third kappa shape index (κ3) is 3.80. The molecule has 1 aromatic heterocycles. The number of anilines is 2. The molecule has 0 aliphatic rings. The smallest absolute Gasteiger partial charge is 0.244 e.